The molecule has 1 atom stereocenters. The molecular formula is C20H23N3O2. The number of para-hydroxylation sites is 1. The average molecular weight is 337 g/mol. The van der Waals surface area contributed by atoms with Crippen LogP contribution in [0.3, 0.4) is 0 Å². The highest BCUT2D eigenvalue weighted by Crippen LogP contribution is 2.40. The second kappa shape index (κ2) is 6.41. The van der Waals surface area contributed by atoms with E-state index in [1.54, 1.807) is 0 Å². The Morgan fingerprint density at radius 3 is 2.56 bits per heavy atom. The van der Waals surface area contributed by atoms with Crippen LogP contribution in [0.1, 0.15) is 34.9 Å². The van der Waals surface area contributed by atoms with Gasteiger partial charge in [0.2, 0.25) is 0 Å². The van der Waals surface area contributed by atoms with E-state index in [0.717, 1.165) is 35.3 Å². The van der Waals surface area contributed by atoms with Crippen molar-refractivity contribution in [3.05, 3.63) is 59.7 Å². The van der Waals surface area contributed by atoms with Crippen LogP contribution in [0.25, 0.3) is 0 Å². The number of likely N-dealkylation sites (N-methyl/N-ethyl adjacent to an activating group) is 1. The highest BCUT2D eigenvalue weighted by molar-refractivity contribution is 6.02. The Balaban J connectivity index is 1.65. The molecule has 1 aliphatic carbocycles. The van der Waals surface area contributed by atoms with Gasteiger partial charge in [-0.2, -0.15) is 0 Å². The van der Waals surface area contributed by atoms with E-state index in [9.17, 15) is 4.79 Å². The van der Waals surface area contributed by atoms with E-state index >= 15 is 0 Å². The predicted molar refractivity (Wildman–Crippen MR) is 98.8 cm³/mol. The number of amides is 1. The van der Waals surface area contributed by atoms with Crippen LogP contribution in [0.15, 0.2) is 48.5 Å². The number of benzene rings is 2. The number of hydrogen-bond acceptors (Lipinski definition) is 4. The first-order chi connectivity index (χ1) is 12.2. The minimum absolute atomic E-state index is 0.114. The predicted octanol–water partition coefficient (Wildman–Crippen LogP) is 2.84. The van der Waals surface area contributed by atoms with Crippen molar-refractivity contribution in [3.63, 3.8) is 0 Å². The first kappa shape index (κ1) is 16.0. The Morgan fingerprint density at radius 2 is 1.88 bits per heavy atom. The summed E-state index contributed by atoms with van der Waals surface area (Å²) < 4.78 is 0. The Morgan fingerprint density at radius 1 is 1.16 bits per heavy atom. The normalized spacial score (nSPS) is 19.4. The minimum Gasteiger partial charge on any atom is -0.395 e. The number of nitrogens with one attached hydrogen (secondary N) is 1. The molecule has 0 unspecified atom stereocenters. The lowest BCUT2D eigenvalue weighted by atomic mass is 10.0. The third-order valence-electron chi connectivity index (χ3n) is 4.99. The molecular weight excluding hydrogens is 314 g/mol. The number of hydrogen-bond donors (Lipinski definition) is 2. The topological polar surface area (TPSA) is 55.8 Å². The lowest BCUT2D eigenvalue weighted by Crippen LogP contribution is -2.44. The minimum atomic E-state index is -0.132. The van der Waals surface area contributed by atoms with Crippen molar-refractivity contribution >= 4 is 17.3 Å². The van der Waals surface area contributed by atoms with Gasteiger partial charge >= 0.3 is 0 Å². The molecule has 1 amide bonds. The number of rotatable bonds is 5. The van der Waals surface area contributed by atoms with Crippen molar-refractivity contribution in [1.82, 2.24) is 4.90 Å². The Hall–Kier alpha value is -2.53. The number of carbonyl (C=O) groups is 1. The fourth-order valence-corrected chi connectivity index (χ4v) is 3.43. The highest BCUT2D eigenvalue weighted by atomic mass is 16.3. The van der Waals surface area contributed by atoms with Gasteiger partial charge in [0.1, 0.15) is 6.17 Å². The van der Waals surface area contributed by atoms with Crippen molar-refractivity contribution in [2.24, 2.45) is 0 Å². The maximum atomic E-state index is 13.0. The van der Waals surface area contributed by atoms with Gasteiger partial charge in [0, 0.05) is 31.0 Å². The van der Waals surface area contributed by atoms with Crippen molar-refractivity contribution in [2.45, 2.75) is 25.0 Å². The van der Waals surface area contributed by atoms with Gasteiger partial charge in [-0.15, -0.1) is 0 Å². The number of carbonyl (C=O) groups excluding carboxylic acids is 1. The number of aliphatic hydroxyl groups is 1. The Kier molecular flexibility index (Phi) is 4.09. The number of anilines is 2. The fourth-order valence-electron chi connectivity index (χ4n) is 3.43. The van der Waals surface area contributed by atoms with Crippen LogP contribution in [0.5, 0.6) is 0 Å². The maximum Gasteiger partial charge on any atom is 0.258 e. The van der Waals surface area contributed by atoms with E-state index in [2.05, 4.69) is 17.4 Å². The molecule has 0 saturated heterocycles. The van der Waals surface area contributed by atoms with Crippen molar-refractivity contribution in [3.8, 4) is 0 Å². The quantitative estimate of drug-likeness (QED) is 0.881. The SMILES string of the molecule is CN(CCO)c1ccc([C@H]2Nc3ccccc3C(=O)N2C2CC2)cc1. The molecule has 5 heteroatoms. The molecule has 1 aliphatic heterocycles. The smallest absolute Gasteiger partial charge is 0.258 e. The average Bonchev–Trinajstić information content (AvgIpc) is 3.47. The molecule has 5 nitrogen and oxygen atoms in total. The molecule has 0 bridgehead atoms. The van der Waals surface area contributed by atoms with Crippen LogP contribution >= 0.6 is 0 Å². The molecule has 1 fully saturated rings. The molecule has 2 aliphatic rings. The molecule has 0 aromatic heterocycles. The van der Waals surface area contributed by atoms with Gasteiger partial charge in [-0.3, -0.25) is 4.79 Å². The summed E-state index contributed by atoms with van der Waals surface area (Å²) in [7, 11) is 1.96. The van der Waals surface area contributed by atoms with Crippen LogP contribution in [-0.4, -0.2) is 42.2 Å². The first-order valence-electron chi connectivity index (χ1n) is 8.79. The summed E-state index contributed by atoms with van der Waals surface area (Å²) in [5, 5.41) is 12.6. The second-order valence-electron chi connectivity index (χ2n) is 6.77. The molecule has 2 N–H and O–H groups in total. The summed E-state index contributed by atoms with van der Waals surface area (Å²) in [6.45, 7) is 0.726. The van der Waals surface area contributed by atoms with Crippen molar-refractivity contribution in [2.75, 3.05) is 30.4 Å². The zero-order valence-corrected chi connectivity index (χ0v) is 14.4. The van der Waals surface area contributed by atoms with E-state index in [0.29, 0.717) is 12.6 Å². The molecule has 0 radical (unpaired) electrons. The molecule has 2 aromatic rings. The van der Waals surface area contributed by atoms with Crippen molar-refractivity contribution < 1.29 is 9.90 Å². The fraction of sp³-hybridized carbons (Fsp3) is 0.350. The summed E-state index contributed by atoms with van der Waals surface area (Å²) in [6, 6.07) is 16.3. The Labute approximate surface area is 147 Å². The van der Waals surface area contributed by atoms with E-state index in [4.69, 9.17) is 5.11 Å². The lowest BCUT2D eigenvalue weighted by Gasteiger charge is -2.38. The van der Waals surface area contributed by atoms with E-state index in [1.165, 1.54) is 0 Å². The molecule has 2 aromatic carbocycles. The molecule has 25 heavy (non-hydrogen) atoms. The number of nitrogens with zero attached hydrogens (tertiary/aromatic N) is 2. The van der Waals surface area contributed by atoms with Crippen LogP contribution < -0.4 is 10.2 Å². The van der Waals surface area contributed by atoms with Gasteiger partial charge in [-0.1, -0.05) is 24.3 Å². The third-order valence-corrected chi connectivity index (χ3v) is 4.99. The second-order valence-corrected chi connectivity index (χ2v) is 6.77. The number of aliphatic hydroxyl groups excluding tert-OH is 1. The summed E-state index contributed by atoms with van der Waals surface area (Å²) in [5.41, 5.74) is 3.79. The van der Waals surface area contributed by atoms with Gasteiger partial charge in [0.15, 0.2) is 0 Å². The Bertz CT molecular complexity index is 771. The van der Waals surface area contributed by atoms with E-state index < -0.39 is 0 Å². The molecule has 1 heterocycles. The molecule has 130 valence electrons. The van der Waals surface area contributed by atoms with E-state index in [-0.39, 0.29) is 18.7 Å². The van der Waals surface area contributed by atoms with Gasteiger partial charge in [-0.25, -0.2) is 0 Å². The third kappa shape index (κ3) is 2.96. The standard InChI is InChI=1S/C20H23N3O2/c1-22(12-13-24)15-8-6-14(7-9-15)19-21-18-5-3-2-4-17(18)20(25)23(19)16-10-11-16/h2-9,16,19,21,24H,10-13H2,1H3/t19-/m0/s1. The zero-order chi connectivity index (χ0) is 17.4. The summed E-state index contributed by atoms with van der Waals surface area (Å²) in [6.07, 6.45) is 2.01. The molecule has 0 spiro atoms. The van der Waals surface area contributed by atoms with Crippen LogP contribution in [-0.2, 0) is 0 Å². The van der Waals surface area contributed by atoms with Crippen LogP contribution in [0, 0.1) is 0 Å². The van der Waals surface area contributed by atoms with Gasteiger partial charge in [0.25, 0.3) is 5.91 Å². The summed E-state index contributed by atoms with van der Waals surface area (Å²) in [5.74, 6) is 0.114. The van der Waals surface area contributed by atoms with E-state index in [1.807, 2.05) is 53.2 Å². The van der Waals surface area contributed by atoms with Crippen LogP contribution in [0.2, 0.25) is 0 Å². The number of fused-ring (bicyclic) bond motifs is 1. The summed E-state index contributed by atoms with van der Waals surface area (Å²) in [4.78, 5) is 17.0. The monoisotopic (exact) mass is 337 g/mol. The zero-order valence-electron chi connectivity index (χ0n) is 14.4. The van der Waals surface area contributed by atoms with Crippen molar-refractivity contribution in [1.29, 1.82) is 0 Å². The summed E-state index contributed by atoms with van der Waals surface area (Å²) >= 11 is 0. The van der Waals surface area contributed by atoms with Gasteiger partial charge < -0.3 is 20.2 Å². The molecule has 4 rings (SSSR count). The molecule has 1 saturated carbocycles. The van der Waals surface area contributed by atoms with Crippen LogP contribution in [0.4, 0.5) is 11.4 Å². The maximum absolute atomic E-state index is 13.0. The largest absolute Gasteiger partial charge is 0.395 e. The lowest BCUT2D eigenvalue weighted by molar-refractivity contribution is 0.0666. The van der Waals surface area contributed by atoms with Gasteiger partial charge in [0.05, 0.1) is 12.2 Å². The first-order valence-corrected chi connectivity index (χ1v) is 8.79. The van der Waals surface area contributed by atoms with Gasteiger partial charge in [-0.05, 0) is 42.7 Å². The highest BCUT2D eigenvalue weighted by Gasteiger charge is 2.41.